The molecule has 0 saturated heterocycles. The Bertz CT molecular complexity index is 163. The van der Waals surface area contributed by atoms with Crippen molar-refractivity contribution < 1.29 is 14.3 Å². The third-order valence-corrected chi connectivity index (χ3v) is 1.37. The van der Waals surface area contributed by atoms with Crippen LogP contribution in [0.15, 0.2) is 0 Å². The fourth-order valence-corrected chi connectivity index (χ4v) is 0.809. The molecule has 0 fully saturated rings. The summed E-state index contributed by atoms with van der Waals surface area (Å²) in [5, 5.41) is 2.83. The Morgan fingerprint density at radius 3 is 2.31 bits per heavy atom. The van der Waals surface area contributed by atoms with Gasteiger partial charge in [0.25, 0.3) is 0 Å². The van der Waals surface area contributed by atoms with Crippen molar-refractivity contribution in [1.82, 2.24) is 5.32 Å². The van der Waals surface area contributed by atoms with Crippen LogP contribution in [0.4, 0.5) is 0 Å². The van der Waals surface area contributed by atoms with Gasteiger partial charge in [-0.2, -0.15) is 0 Å². The lowest BCUT2D eigenvalue weighted by atomic mass is 10.2. The van der Waals surface area contributed by atoms with Gasteiger partial charge in [-0.05, 0) is 27.8 Å². The van der Waals surface area contributed by atoms with Crippen LogP contribution >= 0.6 is 0 Å². The quantitative estimate of drug-likeness (QED) is 0.656. The SMILES string of the molecule is CNC(COC)C(=O)OC(C)(C)C. The number of methoxy groups -OCH3 is 1. The van der Waals surface area contributed by atoms with E-state index in [1.807, 2.05) is 20.8 Å². The maximum atomic E-state index is 11.4. The van der Waals surface area contributed by atoms with Crippen molar-refractivity contribution in [2.75, 3.05) is 20.8 Å². The van der Waals surface area contributed by atoms with Gasteiger partial charge in [0.15, 0.2) is 0 Å². The van der Waals surface area contributed by atoms with Gasteiger partial charge in [-0.1, -0.05) is 0 Å². The number of rotatable bonds is 4. The largest absolute Gasteiger partial charge is 0.459 e. The van der Waals surface area contributed by atoms with E-state index < -0.39 is 5.60 Å². The zero-order valence-corrected chi connectivity index (χ0v) is 9.01. The van der Waals surface area contributed by atoms with E-state index in [4.69, 9.17) is 9.47 Å². The van der Waals surface area contributed by atoms with Crippen LogP contribution in [0, 0.1) is 0 Å². The van der Waals surface area contributed by atoms with Crippen LogP contribution in [0.2, 0.25) is 0 Å². The molecule has 0 spiro atoms. The van der Waals surface area contributed by atoms with Crippen LogP contribution in [0.5, 0.6) is 0 Å². The second-order valence-electron chi connectivity index (χ2n) is 3.83. The molecule has 4 heteroatoms. The molecule has 0 aromatic rings. The van der Waals surface area contributed by atoms with Crippen molar-refractivity contribution >= 4 is 5.97 Å². The Morgan fingerprint density at radius 2 is 2.00 bits per heavy atom. The van der Waals surface area contributed by atoms with Crippen LogP contribution in [-0.4, -0.2) is 38.4 Å². The zero-order valence-electron chi connectivity index (χ0n) is 9.01. The Hall–Kier alpha value is -0.610. The van der Waals surface area contributed by atoms with E-state index in [0.29, 0.717) is 6.61 Å². The first-order chi connectivity index (χ1) is 5.90. The minimum absolute atomic E-state index is 0.281. The predicted molar refractivity (Wildman–Crippen MR) is 50.6 cm³/mol. The summed E-state index contributed by atoms with van der Waals surface area (Å²) in [4.78, 5) is 11.4. The van der Waals surface area contributed by atoms with Gasteiger partial charge in [0, 0.05) is 7.11 Å². The Morgan fingerprint density at radius 1 is 1.46 bits per heavy atom. The molecule has 0 rings (SSSR count). The molecule has 1 atom stereocenters. The van der Waals surface area contributed by atoms with Gasteiger partial charge in [-0.3, -0.25) is 4.79 Å². The van der Waals surface area contributed by atoms with E-state index in [1.165, 1.54) is 0 Å². The van der Waals surface area contributed by atoms with Crippen LogP contribution in [0.3, 0.4) is 0 Å². The minimum atomic E-state index is -0.445. The van der Waals surface area contributed by atoms with Gasteiger partial charge in [0.05, 0.1) is 6.61 Å². The normalized spacial score (nSPS) is 13.9. The van der Waals surface area contributed by atoms with Crippen LogP contribution in [-0.2, 0) is 14.3 Å². The molecule has 0 heterocycles. The summed E-state index contributed by atoms with van der Waals surface area (Å²) >= 11 is 0. The topological polar surface area (TPSA) is 47.6 Å². The van der Waals surface area contributed by atoms with E-state index in [0.717, 1.165) is 0 Å². The maximum absolute atomic E-state index is 11.4. The van der Waals surface area contributed by atoms with Gasteiger partial charge < -0.3 is 14.8 Å². The molecule has 0 amide bonds. The second kappa shape index (κ2) is 5.19. The van der Waals surface area contributed by atoms with Gasteiger partial charge in [-0.25, -0.2) is 0 Å². The average Bonchev–Trinajstić information content (AvgIpc) is 1.96. The predicted octanol–water partition coefficient (Wildman–Crippen LogP) is 0.562. The number of nitrogens with one attached hydrogen (secondary N) is 1. The van der Waals surface area contributed by atoms with Crippen molar-refractivity contribution in [2.45, 2.75) is 32.4 Å². The molecule has 0 saturated carbocycles. The van der Waals surface area contributed by atoms with Crippen molar-refractivity contribution in [3.8, 4) is 0 Å². The second-order valence-corrected chi connectivity index (χ2v) is 3.83. The number of hydrogen-bond donors (Lipinski definition) is 1. The lowest BCUT2D eigenvalue weighted by Crippen LogP contribution is -2.42. The Balaban J connectivity index is 4.06. The van der Waals surface area contributed by atoms with Crippen molar-refractivity contribution in [1.29, 1.82) is 0 Å². The summed E-state index contributed by atoms with van der Waals surface area (Å²) in [5.41, 5.74) is -0.445. The molecule has 0 aromatic carbocycles. The molecule has 0 aliphatic carbocycles. The van der Waals surface area contributed by atoms with E-state index in [2.05, 4.69) is 5.32 Å². The molecule has 13 heavy (non-hydrogen) atoms. The van der Waals surface area contributed by atoms with E-state index >= 15 is 0 Å². The summed E-state index contributed by atoms with van der Waals surface area (Å²) in [7, 11) is 3.25. The first kappa shape index (κ1) is 12.4. The molecule has 1 N–H and O–H groups in total. The molecule has 4 nitrogen and oxygen atoms in total. The summed E-state index contributed by atoms with van der Waals surface area (Å²) < 4.78 is 10.0. The molecular formula is C9H19NO3. The average molecular weight is 189 g/mol. The Kier molecular flexibility index (Phi) is 4.95. The van der Waals surface area contributed by atoms with E-state index in [1.54, 1.807) is 14.2 Å². The van der Waals surface area contributed by atoms with Gasteiger partial charge in [-0.15, -0.1) is 0 Å². The molecule has 1 unspecified atom stereocenters. The number of ether oxygens (including phenoxy) is 2. The summed E-state index contributed by atoms with van der Waals surface area (Å²) in [6.07, 6.45) is 0. The van der Waals surface area contributed by atoms with Gasteiger partial charge in [0.1, 0.15) is 11.6 Å². The molecule has 0 aliphatic heterocycles. The summed E-state index contributed by atoms with van der Waals surface area (Å²) in [5.74, 6) is -0.281. The molecule has 0 aliphatic rings. The third kappa shape index (κ3) is 5.60. The molecule has 0 bridgehead atoms. The number of carbonyl (C=O) groups excluding carboxylic acids is 1. The van der Waals surface area contributed by atoms with Gasteiger partial charge >= 0.3 is 5.97 Å². The van der Waals surface area contributed by atoms with Crippen molar-refractivity contribution in [3.63, 3.8) is 0 Å². The standard InChI is InChI=1S/C9H19NO3/c1-9(2,3)13-8(11)7(10-4)6-12-5/h7,10H,6H2,1-5H3. The molecular weight excluding hydrogens is 170 g/mol. The monoisotopic (exact) mass is 189 g/mol. The third-order valence-electron chi connectivity index (χ3n) is 1.37. The highest BCUT2D eigenvalue weighted by Gasteiger charge is 2.23. The number of carbonyl (C=O) groups is 1. The highest BCUT2D eigenvalue weighted by atomic mass is 16.6. The van der Waals surface area contributed by atoms with Crippen LogP contribution in [0.25, 0.3) is 0 Å². The van der Waals surface area contributed by atoms with Crippen molar-refractivity contribution in [2.24, 2.45) is 0 Å². The van der Waals surface area contributed by atoms with Crippen LogP contribution < -0.4 is 5.32 Å². The number of hydrogen-bond acceptors (Lipinski definition) is 4. The van der Waals surface area contributed by atoms with E-state index in [-0.39, 0.29) is 12.0 Å². The molecule has 0 aromatic heterocycles. The molecule has 0 radical (unpaired) electrons. The highest BCUT2D eigenvalue weighted by molar-refractivity contribution is 5.76. The fourth-order valence-electron chi connectivity index (χ4n) is 0.809. The van der Waals surface area contributed by atoms with Crippen LogP contribution in [0.1, 0.15) is 20.8 Å². The highest BCUT2D eigenvalue weighted by Crippen LogP contribution is 2.08. The number of likely N-dealkylation sites (N-methyl/N-ethyl adjacent to an activating group) is 1. The van der Waals surface area contributed by atoms with E-state index in [9.17, 15) is 4.79 Å². The first-order valence-electron chi connectivity index (χ1n) is 4.29. The summed E-state index contributed by atoms with van der Waals surface area (Å²) in [6.45, 7) is 5.84. The van der Waals surface area contributed by atoms with Gasteiger partial charge in [0.2, 0.25) is 0 Å². The van der Waals surface area contributed by atoms with Crippen molar-refractivity contribution in [3.05, 3.63) is 0 Å². The Labute approximate surface area is 79.6 Å². The maximum Gasteiger partial charge on any atom is 0.326 e. The summed E-state index contributed by atoms with van der Waals surface area (Å²) in [6, 6.07) is -0.385. The molecule has 78 valence electrons. The minimum Gasteiger partial charge on any atom is -0.459 e. The smallest absolute Gasteiger partial charge is 0.326 e. The fraction of sp³-hybridized carbons (Fsp3) is 0.889. The first-order valence-corrected chi connectivity index (χ1v) is 4.29. The lowest BCUT2D eigenvalue weighted by molar-refractivity contribution is -0.158. The number of esters is 1. The zero-order chi connectivity index (χ0) is 10.5. The lowest BCUT2D eigenvalue weighted by Gasteiger charge is -2.23.